The van der Waals surface area contributed by atoms with E-state index in [-0.39, 0.29) is 11.4 Å². The molecule has 1 aliphatic heterocycles. The first-order valence-corrected chi connectivity index (χ1v) is 10.6. The van der Waals surface area contributed by atoms with Crippen LogP contribution in [0.1, 0.15) is 42.0 Å². The number of carbonyl (C=O) groups excluding carboxylic acids is 1. The molecule has 158 valence electrons. The monoisotopic (exact) mass is 432 g/mol. The van der Waals surface area contributed by atoms with Crippen LogP contribution in [-0.2, 0) is 22.6 Å². The second kappa shape index (κ2) is 8.73. The summed E-state index contributed by atoms with van der Waals surface area (Å²) in [5.74, 6) is 0.117. The third-order valence-corrected chi connectivity index (χ3v) is 5.63. The number of nitrogens with two attached hydrogens (primary N) is 1. The van der Waals surface area contributed by atoms with Gasteiger partial charge in [-0.2, -0.15) is 0 Å². The Bertz CT molecular complexity index is 1200. The molecule has 1 unspecified atom stereocenters. The number of anilines is 2. The molecule has 0 amide bonds. The van der Waals surface area contributed by atoms with Crippen LogP contribution in [0, 0.1) is 4.77 Å². The number of hydrogen-bond acceptors (Lipinski definition) is 6. The number of rotatable bonds is 5. The van der Waals surface area contributed by atoms with Gasteiger partial charge in [0.15, 0.2) is 4.77 Å². The fourth-order valence-electron chi connectivity index (χ4n) is 3.84. The van der Waals surface area contributed by atoms with E-state index in [1.54, 1.807) is 0 Å². The van der Waals surface area contributed by atoms with E-state index < -0.39 is 11.9 Å². The van der Waals surface area contributed by atoms with Crippen molar-refractivity contribution in [1.29, 1.82) is 0 Å². The molecule has 7 heteroatoms. The maximum atomic E-state index is 13.3. The molecule has 2 aromatic carbocycles. The number of fused-ring (bicyclic) bond motifs is 1. The number of aromatic amines is 1. The van der Waals surface area contributed by atoms with Crippen LogP contribution in [0.15, 0.2) is 65.9 Å². The van der Waals surface area contributed by atoms with Gasteiger partial charge in [-0.1, -0.05) is 61.5 Å². The highest BCUT2D eigenvalue weighted by Gasteiger charge is 2.35. The molecule has 3 aromatic rings. The lowest BCUT2D eigenvalue weighted by molar-refractivity contribution is -0.140. The molecule has 0 aliphatic carbocycles. The third-order valence-electron chi connectivity index (χ3n) is 5.44. The van der Waals surface area contributed by atoms with Gasteiger partial charge < -0.3 is 20.8 Å². The number of carbonyl (C=O) groups is 1. The van der Waals surface area contributed by atoms with Crippen LogP contribution in [0.4, 0.5) is 11.6 Å². The summed E-state index contributed by atoms with van der Waals surface area (Å²) < 4.78 is 5.97. The molecule has 31 heavy (non-hydrogen) atoms. The molecular weight excluding hydrogens is 408 g/mol. The molecule has 4 rings (SSSR count). The van der Waals surface area contributed by atoms with Crippen molar-refractivity contribution in [2.75, 3.05) is 11.1 Å². The Morgan fingerprint density at radius 1 is 1.13 bits per heavy atom. The lowest BCUT2D eigenvalue weighted by atomic mass is 9.81. The number of aromatic nitrogens is 2. The molecule has 0 fully saturated rings. The summed E-state index contributed by atoms with van der Waals surface area (Å²) in [7, 11) is 0. The van der Waals surface area contributed by atoms with Crippen LogP contribution in [0.3, 0.4) is 0 Å². The van der Waals surface area contributed by atoms with Gasteiger partial charge in [0.2, 0.25) is 0 Å². The molecule has 0 bridgehead atoms. The Morgan fingerprint density at radius 2 is 1.84 bits per heavy atom. The number of benzene rings is 2. The van der Waals surface area contributed by atoms with Crippen LogP contribution in [-0.4, -0.2) is 15.9 Å². The number of allylic oxidation sites excluding steroid dienone is 1. The van der Waals surface area contributed by atoms with E-state index in [0.717, 1.165) is 17.5 Å². The normalized spacial score (nSPS) is 15.2. The molecule has 1 aromatic heterocycles. The number of esters is 1. The molecular formula is C24H24N4O2S. The second-order valence-corrected chi connectivity index (χ2v) is 7.86. The zero-order valence-electron chi connectivity index (χ0n) is 17.4. The van der Waals surface area contributed by atoms with Crippen molar-refractivity contribution in [2.24, 2.45) is 0 Å². The van der Waals surface area contributed by atoms with Gasteiger partial charge in [0.25, 0.3) is 0 Å². The van der Waals surface area contributed by atoms with Gasteiger partial charge in [0.1, 0.15) is 18.2 Å². The molecule has 2 heterocycles. The number of nitrogens with zero attached hydrogens (tertiary/aromatic N) is 1. The Labute approximate surface area is 186 Å². The van der Waals surface area contributed by atoms with Crippen molar-refractivity contribution >= 4 is 29.8 Å². The van der Waals surface area contributed by atoms with E-state index in [1.807, 2.05) is 49.4 Å². The highest BCUT2D eigenvalue weighted by Crippen LogP contribution is 2.43. The minimum absolute atomic E-state index is 0.190. The lowest BCUT2D eigenvalue weighted by Gasteiger charge is -2.30. The van der Waals surface area contributed by atoms with E-state index in [9.17, 15) is 4.79 Å². The lowest BCUT2D eigenvalue weighted by Crippen LogP contribution is -2.26. The molecule has 6 nitrogen and oxygen atoms in total. The number of hydrogen-bond donors (Lipinski definition) is 3. The number of aryl methyl sites for hydroxylation is 1. The molecule has 1 aliphatic rings. The van der Waals surface area contributed by atoms with Gasteiger partial charge in [-0.05, 0) is 42.3 Å². The van der Waals surface area contributed by atoms with Crippen molar-refractivity contribution in [3.05, 3.63) is 92.9 Å². The minimum Gasteiger partial charge on any atom is -0.457 e. The minimum atomic E-state index is -0.426. The molecule has 1 atom stereocenters. The predicted molar refractivity (Wildman–Crippen MR) is 124 cm³/mol. The Morgan fingerprint density at radius 3 is 2.52 bits per heavy atom. The first-order chi connectivity index (χ1) is 15.0. The number of nitrogen functional groups attached to an aromatic ring is 1. The largest absolute Gasteiger partial charge is 0.457 e. The molecule has 0 saturated carbocycles. The van der Waals surface area contributed by atoms with Crippen LogP contribution < -0.4 is 11.1 Å². The first-order valence-electron chi connectivity index (χ1n) is 10.1. The summed E-state index contributed by atoms with van der Waals surface area (Å²) in [5, 5.41) is 3.19. The van der Waals surface area contributed by atoms with E-state index >= 15 is 0 Å². The fraction of sp³-hybridized carbons (Fsp3) is 0.208. The quantitative estimate of drug-likeness (QED) is 0.394. The highest BCUT2D eigenvalue weighted by atomic mass is 32.1. The van der Waals surface area contributed by atoms with Crippen LogP contribution in [0.5, 0.6) is 0 Å². The predicted octanol–water partition coefficient (Wildman–Crippen LogP) is 4.86. The Kier molecular flexibility index (Phi) is 5.86. The summed E-state index contributed by atoms with van der Waals surface area (Å²) in [5.41, 5.74) is 11.3. The van der Waals surface area contributed by atoms with Crippen molar-refractivity contribution in [2.45, 2.75) is 32.8 Å². The van der Waals surface area contributed by atoms with Crippen LogP contribution >= 0.6 is 12.2 Å². The summed E-state index contributed by atoms with van der Waals surface area (Å²) in [6.45, 7) is 4.14. The van der Waals surface area contributed by atoms with Crippen LogP contribution in [0.25, 0.3) is 0 Å². The standard InChI is InChI=1S/C24H24N4O2S/c1-3-15-9-11-17(12-10-15)19-18(23(29)30-13-16-7-5-4-6-8-16)14(2)26-22-20(19)21(25)27-24(31)28-22/h4-12,19H,3,13H2,1-2H3,(H4,25,26,27,28,31). The van der Waals surface area contributed by atoms with Gasteiger partial charge in [0, 0.05) is 11.3 Å². The summed E-state index contributed by atoms with van der Waals surface area (Å²) in [6, 6.07) is 17.8. The third kappa shape index (κ3) is 4.22. The van der Waals surface area contributed by atoms with E-state index in [0.29, 0.717) is 28.5 Å². The SMILES string of the molecule is CCc1ccc(C2C(C(=O)OCc3ccccc3)=C(C)Nc3nc(=S)[nH]c(N)c32)cc1. The van der Waals surface area contributed by atoms with Crippen molar-refractivity contribution < 1.29 is 9.53 Å². The van der Waals surface area contributed by atoms with Gasteiger partial charge in [0.05, 0.1) is 11.5 Å². The fourth-order valence-corrected chi connectivity index (χ4v) is 4.05. The van der Waals surface area contributed by atoms with Crippen molar-refractivity contribution in [3.63, 3.8) is 0 Å². The van der Waals surface area contributed by atoms with Gasteiger partial charge >= 0.3 is 5.97 Å². The van der Waals surface area contributed by atoms with Crippen molar-refractivity contribution in [1.82, 2.24) is 9.97 Å². The Hall–Kier alpha value is -3.45. The molecule has 4 N–H and O–H groups in total. The van der Waals surface area contributed by atoms with Crippen LogP contribution in [0.2, 0.25) is 0 Å². The summed E-state index contributed by atoms with van der Waals surface area (Å²) in [6.07, 6.45) is 0.931. The van der Waals surface area contributed by atoms with Gasteiger partial charge in [-0.15, -0.1) is 0 Å². The van der Waals surface area contributed by atoms with E-state index in [1.165, 1.54) is 5.56 Å². The van der Waals surface area contributed by atoms with Crippen molar-refractivity contribution in [3.8, 4) is 0 Å². The average Bonchev–Trinajstić information content (AvgIpc) is 2.77. The number of ether oxygens (including phenoxy) is 1. The Balaban J connectivity index is 1.77. The first kappa shape index (κ1) is 20.8. The van der Waals surface area contributed by atoms with E-state index in [4.69, 9.17) is 22.7 Å². The molecule has 0 radical (unpaired) electrons. The summed E-state index contributed by atoms with van der Waals surface area (Å²) >= 11 is 5.19. The zero-order valence-corrected chi connectivity index (χ0v) is 18.3. The molecule has 0 saturated heterocycles. The van der Waals surface area contributed by atoms with E-state index in [2.05, 4.69) is 34.3 Å². The smallest absolute Gasteiger partial charge is 0.337 e. The maximum absolute atomic E-state index is 13.3. The maximum Gasteiger partial charge on any atom is 0.337 e. The number of H-pyrrole nitrogens is 1. The average molecular weight is 433 g/mol. The molecule has 0 spiro atoms. The van der Waals surface area contributed by atoms with Gasteiger partial charge in [-0.25, -0.2) is 9.78 Å². The number of nitrogens with one attached hydrogen (secondary N) is 2. The zero-order chi connectivity index (χ0) is 22.0. The second-order valence-electron chi connectivity index (χ2n) is 7.47. The highest BCUT2D eigenvalue weighted by molar-refractivity contribution is 7.71. The summed E-state index contributed by atoms with van der Waals surface area (Å²) in [4.78, 5) is 20.6. The van der Waals surface area contributed by atoms with Gasteiger partial charge in [-0.3, -0.25) is 0 Å². The topological polar surface area (TPSA) is 93.0 Å².